The lowest BCUT2D eigenvalue weighted by atomic mass is 10.2. The third-order valence-corrected chi connectivity index (χ3v) is 4.83. The predicted octanol–water partition coefficient (Wildman–Crippen LogP) is 3.05. The number of hydrogen-bond acceptors (Lipinski definition) is 5. The summed E-state index contributed by atoms with van der Waals surface area (Å²) in [6.07, 6.45) is 6.86. The van der Waals surface area contributed by atoms with E-state index in [1.807, 2.05) is 37.7 Å². The van der Waals surface area contributed by atoms with Gasteiger partial charge in [-0.05, 0) is 46.1 Å². The fourth-order valence-electron chi connectivity index (χ4n) is 3.39. The van der Waals surface area contributed by atoms with E-state index in [9.17, 15) is 4.79 Å². The van der Waals surface area contributed by atoms with Crippen LogP contribution in [0.1, 0.15) is 51.6 Å². The van der Waals surface area contributed by atoms with Crippen LogP contribution in [0.4, 0.5) is 10.6 Å². The number of carbonyl (C=O) groups is 1. The molecule has 0 N–H and O–H groups in total. The number of hydrogen-bond donors (Lipinski definition) is 0. The summed E-state index contributed by atoms with van der Waals surface area (Å²) in [5.74, 6) is 1.58. The van der Waals surface area contributed by atoms with Crippen molar-refractivity contribution in [2.24, 2.45) is 0 Å². The summed E-state index contributed by atoms with van der Waals surface area (Å²) in [6.45, 7) is 8.67. The second-order valence-corrected chi connectivity index (χ2v) is 8.23. The molecule has 1 saturated heterocycles. The first-order chi connectivity index (χ1) is 12.4. The molecule has 0 radical (unpaired) electrons. The molecule has 1 aliphatic carbocycles. The van der Waals surface area contributed by atoms with Gasteiger partial charge in [-0.3, -0.25) is 0 Å². The number of anilines is 1. The second kappa shape index (κ2) is 6.45. The van der Waals surface area contributed by atoms with Crippen LogP contribution in [-0.2, 0) is 4.74 Å². The van der Waals surface area contributed by atoms with Crippen LogP contribution in [0.25, 0.3) is 5.52 Å². The standard InChI is InChI=1S/C19H27N5O2/c1-19(2,3)26-18(25)23-9-4-8-22(11-12-23)17-16-13-15(14-5-6-14)21-24(16)10-7-20-17/h7,10,13-14H,4-6,8-9,11-12H2,1-3H3. The quantitative estimate of drug-likeness (QED) is 0.827. The lowest BCUT2D eigenvalue weighted by molar-refractivity contribution is 0.0263. The number of ether oxygens (including phenoxy) is 1. The van der Waals surface area contributed by atoms with Crippen molar-refractivity contribution in [3.05, 3.63) is 24.2 Å². The molecule has 0 atom stereocenters. The number of carbonyl (C=O) groups excluding carboxylic acids is 1. The Morgan fingerprint density at radius 3 is 2.73 bits per heavy atom. The highest BCUT2D eigenvalue weighted by atomic mass is 16.6. The molecule has 7 heteroatoms. The average Bonchev–Trinajstić information content (AvgIpc) is 3.36. The van der Waals surface area contributed by atoms with Gasteiger partial charge in [0.2, 0.25) is 0 Å². The van der Waals surface area contributed by atoms with Gasteiger partial charge in [-0.15, -0.1) is 0 Å². The molecule has 0 aromatic carbocycles. The van der Waals surface area contributed by atoms with Crippen LogP contribution >= 0.6 is 0 Å². The summed E-state index contributed by atoms with van der Waals surface area (Å²) in [6, 6.07) is 2.18. The van der Waals surface area contributed by atoms with E-state index in [0.717, 1.165) is 30.8 Å². The molecule has 2 aromatic heterocycles. The molecule has 0 spiro atoms. The van der Waals surface area contributed by atoms with Crippen molar-refractivity contribution in [2.45, 2.75) is 51.6 Å². The van der Waals surface area contributed by atoms with Crippen LogP contribution in [0, 0.1) is 0 Å². The maximum atomic E-state index is 12.4. The van der Waals surface area contributed by atoms with E-state index in [4.69, 9.17) is 9.84 Å². The maximum absolute atomic E-state index is 12.4. The molecule has 1 saturated carbocycles. The summed E-state index contributed by atoms with van der Waals surface area (Å²) in [4.78, 5) is 21.1. The number of rotatable bonds is 2. The Kier molecular flexibility index (Phi) is 4.25. The molecular formula is C19H27N5O2. The van der Waals surface area contributed by atoms with Gasteiger partial charge in [-0.2, -0.15) is 5.10 Å². The van der Waals surface area contributed by atoms with Gasteiger partial charge in [0, 0.05) is 44.5 Å². The molecule has 7 nitrogen and oxygen atoms in total. The molecule has 4 rings (SSSR count). The number of aromatic nitrogens is 3. The highest BCUT2D eigenvalue weighted by molar-refractivity contribution is 5.70. The Hall–Kier alpha value is -2.31. The van der Waals surface area contributed by atoms with Gasteiger partial charge in [0.1, 0.15) is 11.1 Å². The predicted molar refractivity (Wildman–Crippen MR) is 99.6 cm³/mol. The maximum Gasteiger partial charge on any atom is 0.410 e. The van der Waals surface area contributed by atoms with E-state index in [1.165, 1.54) is 18.5 Å². The number of amides is 1. The summed E-state index contributed by atoms with van der Waals surface area (Å²) >= 11 is 0. The Bertz CT molecular complexity index is 806. The third-order valence-electron chi connectivity index (χ3n) is 4.83. The SMILES string of the molecule is CC(C)(C)OC(=O)N1CCCN(c2nccn3nc(C4CC4)cc23)CC1. The second-order valence-electron chi connectivity index (χ2n) is 8.23. The fraction of sp³-hybridized carbons (Fsp3) is 0.632. The minimum atomic E-state index is -0.465. The molecule has 26 heavy (non-hydrogen) atoms. The average molecular weight is 357 g/mol. The number of fused-ring (bicyclic) bond motifs is 1. The van der Waals surface area contributed by atoms with Crippen LogP contribution in [0.5, 0.6) is 0 Å². The summed E-state index contributed by atoms with van der Waals surface area (Å²) in [5.41, 5.74) is 1.76. The van der Waals surface area contributed by atoms with Gasteiger partial charge in [-0.25, -0.2) is 14.3 Å². The van der Waals surface area contributed by atoms with Crippen LogP contribution < -0.4 is 4.90 Å². The van der Waals surface area contributed by atoms with E-state index in [0.29, 0.717) is 19.0 Å². The minimum absolute atomic E-state index is 0.231. The molecule has 1 amide bonds. The summed E-state index contributed by atoms with van der Waals surface area (Å²) in [7, 11) is 0. The highest BCUT2D eigenvalue weighted by Gasteiger charge is 2.28. The zero-order chi connectivity index (χ0) is 18.3. The van der Waals surface area contributed by atoms with E-state index < -0.39 is 5.60 Å². The Labute approximate surface area is 153 Å². The Morgan fingerprint density at radius 2 is 2.00 bits per heavy atom. The number of nitrogens with zero attached hydrogens (tertiary/aromatic N) is 5. The molecule has 0 bridgehead atoms. The topological polar surface area (TPSA) is 63.0 Å². The third kappa shape index (κ3) is 3.61. The monoisotopic (exact) mass is 357 g/mol. The Balaban J connectivity index is 1.50. The first-order valence-electron chi connectivity index (χ1n) is 9.48. The van der Waals surface area contributed by atoms with E-state index >= 15 is 0 Å². The van der Waals surface area contributed by atoms with E-state index in [2.05, 4.69) is 16.0 Å². The zero-order valence-electron chi connectivity index (χ0n) is 15.8. The van der Waals surface area contributed by atoms with E-state index in [1.54, 1.807) is 4.90 Å². The first kappa shape index (κ1) is 17.1. The molecule has 1 aliphatic heterocycles. The molecule has 2 aromatic rings. The normalized spacial score (nSPS) is 18.9. The van der Waals surface area contributed by atoms with Crippen molar-refractivity contribution < 1.29 is 9.53 Å². The smallest absolute Gasteiger partial charge is 0.410 e. The van der Waals surface area contributed by atoms with Crippen LogP contribution in [0.2, 0.25) is 0 Å². The molecular weight excluding hydrogens is 330 g/mol. The summed E-state index contributed by atoms with van der Waals surface area (Å²) < 4.78 is 7.46. The van der Waals surface area contributed by atoms with Gasteiger partial charge >= 0.3 is 6.09 Å². The largest absolute Gasteiger partial charge is 0.444 e. The van der Waals surface area contributed by atoms with E-state index in [-0.39, 0.29) is 6.09 Å². The minimum Gasteiger partial charge on any atom is -0.444 e. The Morgan fingerprint density at radius 1 is 1.19 bits per heavy atom. The van der Waals surface area contributed by atoms with Gasteiger partial charge < -0.3 is 14.5 Å². The molecule has 0 unspecified atom stereocenters. The lowest BCUT2D eigenvalue weighted by Crippen LogP contribution is -2.39. The molecule has 2 fully saturated rings. The van der Waals surface area contributed by atoms with Gasteiger partial charge in [0.25, 0.3) is 0 Å². The first-order valence-corrected chi connectivity index (χ1v) is 9.48. The van der Waals surface area contributed by atoms with Crippen molar-refractivity contribution in [3.63, 3.8) is 0 Å². The molecule has 140 valence electrons. The summed E-state index contributed by atoms with van der Waals surface area (Å²) in [5, 5.41) is 4.70. The van der Waals surface area contributed by atoms with Crippen molar-refractivity contribution >= 4 is 17.4 Å². The van der Waals surface area contributed by atoms with Gasteiger partial charge in [-0.1, -0.05) is 0 Å². The molecule has 3 heterocycles. The van der Waals surface area contributed by atoms with Crippen molar-refractivity contribution in [1.29, 1.82) is 0 Å². The van der Waals surface area contributed by atoms with Crippen LogP contribution in [0.15, 0.2) is 18.5 Å². The zero-order valence-corrected chi connectivity index (χ0v) is 15.8. The molecule has 2 aliphatic rings. The van der Waals surface area contributed by atoms with Gasteiger partial charge in [0.15, 0.2) is 5.82 Å². The lowest BCUT2D eigenvalue weighted by Gasteiger charge is -2.26. The van der Waals surface area contributed by atoms with Crippen molar-refractivity contribution in [1.82, 2.24) is 19.5 Å². The highest BCUT2D eigenvalue weighted by Crippen LogP contribution is 2.40. The van der Waals surface area contributed by atoms with Crippen molar-refractivity contribution in [3.8, 4) is 0 Å². The van der Waals surface area contributed by atoms with Crippen molar-refractivity contribution in [2.75, 3.05) is 31.1 Å². The van der Waals surface area contributed by atoms with Crippen LogP contribution in [-0.4, -0.2) is 57.4 Å². The van der Waals surface area contributed by atoms with Gasteiger partial charge in [0.05, 0.1) is 5.69 Å². The fourth-order valence-corrected chi connectivity index (χ4v) is 3.39. The van der Waals surface area contributed by atoms with Crippen LogP contribution in [0.3, 0.4) is 0 Å².